The van der Waals surface area contributed by atoms with Crippen LogP contribution in [-0.2, 0) is 41.7 Å². The second kappa shape index (κ2) is 47.9. The van der Waals surface area contributed by atoms with Crippen molar-refractivity contribution in [1.82, 2.24) is 19.9 Å². The summed E-state index contributed by atoms with van der Waals surface area (Å²) >= 11 is 0. The molecule has 5 unspecified atom stereocenters. The molecule has 5 atom stereocenters. The molecule has 0 spiro atoms. The summed E-state index contributed by atoms with van der Waals surface area (Å²) in [5, 5.41) is 31.1. The highest BCUT2D eigenvalue weighted by Crippen LogP contribution is 2.46. The molecular formula is C111H121FN12O20. The molecule has 4 saturated heterocycles. The molecule has 8 fully saturated rings. The topological polar surface area (TPSA) is 369 Å². The van der Waals surface area contributed by atoms with Gasteiger partial charge in [0.15, 0.2) is 46.0 Å². The van der Waals surface area contributed by atoms with Crippen molar-refractivity contribution >= 4 is 86.9 Å². The van der Waals surface area contributed by atoms with Crippen molar-refractivity contribution in [2.24, 2.45) is 0 Å². The van der Waals surface area contributed by atoms with Gasteiger partial charge in [-0.25, -0.2) is 4.39 Å². The molecule has 0 bridgehead atoms. The number of benzene rings is 10. The molecule has 0 radical (unpaired) electrons. The Morgan fingerprint density at radius 1 is 0.403 bits per heavy atom. The summed E-state index contributed by atoms with van der Waals surface area (Å²) in [5.74, 6) is 4.90. The van der Waals surface area contributed by atoms with Crippen LogP contribution < -0.4 is 78.0 Å². The van der Waals surface area contributed by atoms with E-state index in [4.69, 9.17) is 47.4 Å². The van der Waals surface area contributed by atoms with Gasteiger partial charge in [0, 0.05) is 133 Å². The predicted molar refractivity (Wildman–Crippen MR) is 543 cm³/mol. The number of likely N-dealkylation sites (tertiary alicyclic amines) is 1. The fourth-order valence-electron chi connectivity index (χ4n) is 19.9. The number of hydrogen-bond acceptors (Lipinski definition) is 24. The fourth-order valence-corrected chi connectivity index (χ4v) is 19.9. The van der Waals surface area contributed by atoms with Gasteiger partial charge >= 0.3 is 12.0 Å². The number of amides is 6. The van der Waals surface area contributed by atoms with Crippen molar-refractivity contribution in [3.8, 4) is 58.0 Å². The second-order valence-electron chi connectivity index (χ2n) is 37.3. The van der Waals surface area contributed by atoms with E-state index in [1.54, 1.807) is 117 Å². The van der Waals surface area contributed by atoms with Crippen LogP contribution in [-0.4, -0.2) is 158 Å². The molecule has 8 aliphatic rings. The number of carbonyl (C=O) groups is 6. The summed E-state index contributed by atoms with van der Waals surface area (Å²) in [6.07, 6.45) is 20.4. The lowest BCUT2D eigenvalue weighted by molar-refractivity contribution is -0.385. The number of hydrogen-bond donors (Lipinski definition) is 3. The lowest BCUT2D eigenvalue weighted by Crippen LogP contribution is -2.24. The maximum Gasteiger partial charge on any atom is 0.324 e. The Morgan fingerprint density at radius 3 is 1.18 bits per heavy atom. The molecule has 4 saturated carbocycles. The zero-order chi connectivity index (χ0) is 101. The van der Waals surface area contributed by atoms with Gasteiger partial charge in [-0.1, -0.05) is 84.9 Å². The van der Waals surface area contributed by atoms with E-state index < -0.39 is 15.8 Å². The Balaban J connectivity index is 0.000000138. The van der Waals surface area contributed by atoms with Crippen LogP contribution >= 0.6 is 0 Å². The predicted octanol–water partition coefficient (Wildman–Crippen LogP) is 21.0. The standard InChI is InChI=1S/C31H33N3O6.C30H31FN2O4.C27H31N5O5.C23H26N2O5/c1-20(21-10-13-25(14-11-21)34(37)38)31(36)32-24-6-5-7-26(18-24)33-19-23(17-30(33)35)22-12-15-28(39-2)29(16-22)40-27-8-3-4-9-27;1-36-27-13-12-21(16-28(27)37-26-10-2-3-11-26)22-17-30(35)33(19-22)25-9-5-8-24(18-25)32-29(34)15-20-6-4-7-23(31)14-20;1-34-22-12-11-17(13-23(22)37-21-9-4-5-10-21)18-14-24(33)32(16-18)20-8-6-7-19(15-20)28-25-29-26(35-2)31-27(30-25)36-3;1-29-21-11-10-16(12-22(21)30-19-7-3-4-8-19)18-13-23(26)24(15-18)14-17-6-2-5-9-20(17)25(27)28/h5-7,10-16,18,20,23,27H,3-4,8-9,17,19H2,1-2H3,(H,32,36);4-9,12-14,16,18,22,26H,2-3,10-11,15,17,19H2,1H3,(H,32,34);6-8,11-13,15,18,21H,4-5,9-10,14,16H2,1-3H3,(H,28,29,30,31);2,5-6,9-12,18-19H,3-4,7-8,13-15H2,1H3. The Hall–Kier alpha value is -15.4. The number of halogens is 1. The molecule has 19 rings (SSSR count). The van der Waals surface area contributed by atoms with Gasteiger partial charge < -0.3 is 82.9 Å². The van der Waals surface area contributed by atoms with Gasteiger partial charge in [0.2, 0.25) is 41.4 Å². The van der Waals surface area contributed by atoms with Crippen LogP contribution in [0.5, 0.6) is 58.0 Å². The molecule has 10 aromatic carbocycles. The van der Waals surface area contributed by atoms with Gasteiger partial charge in [0.25, 0.3) is 11.4 Å². The average Bonchev–Trinajstić information content (AvgIpc) is 1.64. The quantitative estimate of drug-likeness (QED) is 0.0254. The molecule has 144 heavy (non-hydrogen) atoms. The van der Waals surface area contributed by atoms with Crippen molar-refractivity contribution in [3.63, 3.8) is 0 Å². The number of ether oxygens (including phenoxy) is 10. The summed E-state index contributed by atoms with van der Waals surface area (Å²) < 4.78 is 70.7. The van der Waals surface area contributed by atoms with E-state index in [0.717, 1.165) is 119 Å². The van der Waals surface area contributed by atoms with Crippen molar-refractivity contribution in [2.75, 3.05) is 99.5 Å². The number of nitrogens with zero attached hydrogens (tertiary/aromatic N) is 9. The van der Waals surface area contributed by atoms with Crippen LogP contribution in [0, 0.1) is 26.0 Å². The van der Waals surface area contributed by atoms with Crippen LogP contribution in [0.15, 0.2) is 218 Å². The smallest absolute Gasteiger partial charge is 0.324 e. The molecule has 33 heteroatoms. The molecular weight excluding hydrogens is 1840 g/mol. The van der Waals surface area contributed by atoms with Gasteiger partial charge in [-0.3, -0.25) is 49.0 Å². The third-order valence-electron chi connectivity index (χ3n) is 27.7. The van der Waals surface area contributed by atoms with Crippen molar-refractivity contribution in [2.45, 2.75) is 202 Å². The van der Waals surface area contributed by atoms with Crippen LogP contribution in [0.3, 0.4) is 0 Å². The summed E-state index contributed by atoms with van der Waals surface area (Å²) in [5.41, 5.74) is 10.1. The summed E-state index contributed by atoms with van der Waals surface area (Å²) in [7, 11) is 9.51. The highest BCUT2D eigenvalue weighted by Gasteiger charge is 2.39. The van der Waals surface area contributed by atoms with Gasteiger partial charge in [0.05, 0.1) is 95.8 Å². The average molecular weight is 1960 g/mol. The number of methoxy groups -OCH3 is 6. The molecule has 4 aliphatic heterocycles. The van der Waals surface area contributed by atoms with Crippen LogP contribution in [0.1, 0.15) is 204 Å². The van der Waals surface area contributed by atoms with E-state index >= 15 is 0 Å². The first kappa shape index (κ1) is 102. The largest absolute Gasteiger partial charge is 0.493 e. The van der Waals surface area contributed by atoms with Gasteiger partial charge in [-0.05, 0) is 258 Å². The number of nitro benzene ring substituents is 2. The first-order valence-corrected chi connectivity index (χ1v) is 49.2. The van der Waals surface area contributed by atoms with Gasteiger partial charge in [-0.2, -0.15) is 9.97 Å². The number of nitro groups is 2. The van der Waals surface area contributed by atoms with E-state index in [2.05, 4.69) is 30.9 Å². The third kappa shape index (κ3) is 25.9. The number of nitrogens with one attached hydrogen (secondary N) is 3. The highest BCUT2D eigenvalue weighted by atomic mass is 19.1. The molecule has 3 N–H and O–H groups in total. The molecule has 5 heterocycles. The first-order chi connectivity index (χ1) is 69.9. The van der Waals surface area contributed by atoms with E-state index in [1.165, 1.54) is 95.9 Å². The number of carbonyl (C=O) groups excluding carboxylic acids is 6. The monoisotopic (exact) mass is 1960 g/mol. The lowest BCUT2D eigenvalue weighted by atomic mass is 9.98. The maximum absolute atomic E-state index is 13.4. The van der Waals surface area contributed by atoms with Gasteiger partial charge in [-0.15, -0.1) is 4.98 Å². The minimum absolute atomic E-state index is 0.00439. The maximum atomic E-state index is 13.4. The summed E-state index contributed by atoms with van der Waals surface area (Å²) in [6.45, 7) is 4.15. The molecule has 752 valence electrons. The zero-order valence-corrected chi connectivity index (χ0v) is 81.9. The number of anilines is 7. The Bertz CT molecular complexity index is 6390. The third-order valence-corrected chi connectivity index (χ3v) is 27.7. The number of rotatable bonds is 33. The molecule has 11 aromatic rings. The second-order valence-corrected chi connectivity index (χ2v) is 37.3. The highest BCUT2D eigenvalue weighted by molar-refractivity contribution is 6.01. The Kier molecular flexibility index (Phi) is 33.8. The first-order valence-electron chi connectivity index (χ1n) is 49.2. The normalized spacial score (nSPS) is 18.1. The zero-order valence-electron chi connectivity index (χ0n) is 81.9. The van der Waals surface area contributed by atoms with Crippen molar-refractivity contribution in [3.05, 3.63) is 283 Å². The molecule has 4 aliphatic carbocycles. The summed E-state index contributed by atoms with van der Waals surface area (Å²) in [4.78, 5) is 118. The molecule has 1 aromatic heterocycles. The number of non-ortho nitro benzene ring substituents is 1. The Morgan fingerprint density at radius 2 is 0.785 bits per heavy atom. The van der Waals surface area contributed by atoms with Crippen LogP contribution in [0.4, 0.5) is 55.8 Å². The van der Waals surface area contributed by atoms with Gasteiger partial charge in [0.1, 0.15) is 5.82 Å². The van der Waals surface area contributed by atoms with E-state index in [-0.39, 0.29) is 132 Å². The fraction of sp³-hybridized carbons (Fsp3) is 0.378. The number of para-hydroxylation sites is 1. The molecule has 6 amide bonds. The summed E-state index contributed by atoms with van der Waals surface area (Å²) in [6, 6.07) is 64.6. The van der Waals surface area contributed by atoms with E-state index in [9.17, 15) is 53.4 Å². The van der Waals surface area contributed by atoms with E-state index in [0.29, 0.717) is 103 Å². The van der Waals surface area contributed by atoms with Crippen LogP contribution in [0.2, 0.25) is 0 Å². The van der Waals surface area contributed by atoms with Crippen molar-refractivity contribution < 1.29 is 90.4 Å². The minimum atomic E-state index is -0.516. The molecule has 32 nitrogen and oxygen atoms in total. The SMILES string of the molecule is COc1ccc(C2CC(=O)N(Cc3ccccc3[N+](=O)[O-])C2)cc1OC1CCCC1.COc1ccc(C2CC(=O)N(c3cccc(NC(=O)C(C)c4ccc([N+](=O)[O-])cc4)c3)C2)cc1OC1CCCC1.COc1ccc(C2CC(=O)N(c3cccc(NC(=O)Cc4cccc(F)c4)c3)C2)cc1OC1CCCC1.COc1nc(Nc2cccc(N3CC(c4ccc(OC)c(OC5CCCC5)c4)CC3=O)c2)nc(OC)n1. The Labute approximate surface area is 835 Å². The number of aromatic nitrogens is 3. The van der Waals surface area contributed by atoms with Crippen LogP contribution in [0.25, 0.3) is 0 Å². The van der Waals surface area contributed by atoms with Crippen molar-refractivity contribution in [1.29, 1.82) is 0 Å². The lowest BCUT2D eigenvalue weighted by Gasteiger charge is -2.20. The minimum Gasteiger partial charge on any atom is -0.493 e. The van der Waals surface area contributed by atoms with E-state index in [1.807, 2.05) is 126 Å².